The Hall–Kier alpha value is -2.29. The molecular weight excluding hydrogens is 507 g/mol. The molecule has 3 aromatic carbocycles. The Morgan fingerprint density at radius 1 is 1.00 bits per heavy atom. The monoisotopic (exact) mass is 526 g/mol. The van der Waals surface area contributed by atoms with Crippen LogP contribution in [0, 0.1) is 6.92 Å². The molecular formula is C23H21Cl3N2O4S. The second kappa shape index (κ2) is 10.8. The Morgan fingerprint density at radius 2 is 1.64 bits per heavy atom. The first kappa shape index (κ1) is 25.3. The molecule has 1 N–H and O–H groups in total. The zero-order chi connectivity index (χ0) is 24.2. The van der Waals surface area contributed by atoms with Crippen LogP contribution in [0.25, 0.3) is 0 Å². The SMILES string of the molecule is COc1ccc(Cl)cc1NC(=O)CN(Cc1c(Cl)cccc1Cl)S(=O)(=O)c1ccc(C)cc1. The minimum atomic E-state index is -4.06. The van der Waals surface area contributed by atoms with Crippen LogP contribution in [0.3, 0.4) is 0 Å². The maximum atomic E-state index is 13.4. The highest BCUT2D eigenvalue weighted by molar-refractivity contribution is 7.89. The van der Waals surface area contributed by atoms with Crippen molar-refractivity contribution >= 4 is 56.4 Å². The predicted octanol–water partition coefficient (Wildman–Crippen LogP) is 5.79. The molecule has 0 aliphatic heterocycles. The van der Waals surface area contributed by atoms with Crippen molar-refractivity contribution in [2.75, 3.05) is 19.0 Å². The minimum absolute atomic E-state index is 0.0458. The minimum Gasteiger partial charge on any atom is -0.495 e. The number of methoxy groups -OCH3 is 1. The van der Waals surface area contributed by atoms with E-state index in [2.05, 4.69) is 5.32 Å². The first-order chi connectivity index (χ1) is 15.6. The molecule has 0 spiro atoms. The van der Waals surface area contributed by atoms with E-state index in [1.165, 1.54) is 25.3 Å². The van der Waals surface area contributed by atoms with Crippen molar-refractivity contribution in [2.45, 2.75) is 18.4 Å². The van der Waals surface area contributed by atoms with Crippen LogP contribution in [0.2, 0.25) is 15.1 Å². The lowest BCUT2D eigenvalue weighted by atomic mass is 10.2. The molecule has 0 aromatic heterocycles. The highest BCUT2D eigenvalue weighted by atomic mass is 35.5. The number of nitrogens with zero attached hydrogens (tertiary/aromatic N) is 1. The first-order valence-electron chi connectivity index (χ1n) is 9.75. The molecule has 3 aromatic rings. The molecule has 174 valence electrons. The highest BCUT2D eigenvalue weighted by Gasteiger charge is 2.28. The first-order valence-corrected chi connectivity index (χ1v) is 12.3. The van der Waals surface area contributed by atoms with E-state index in [-0.39, 0.29) is 11.4 Å². The number of sulfonamides is 1. The van der Waals surface area contributed by atoms with Crippen LogP contribution in [-0.2, 0) is 21.4 Å². The number of hydrogen-bond donors (Lipinski definition) is 1. The van der Waals surface area contributed by atoms with E-state index in [9.17, 15) is 13.2 Å². The fourth-order valence-electron chi connectivity index (χ4n) is 3.07. The maximum Gasteiger partial charge on any atom is 0.243 e. The van der Waals surface area contributed by atoms with E-state index in [0.717, 1.165) is 9.87 Å². The lowest BCUT2D eigenvalue weighted by molar-refractivity contribution is -0.116. The number of halogens is 3. The van der Waals surface area contributed by atoms with Gasteiger partial charge < -0.3 is 10.1 Å². The van der Waals surface area contributed by atoms with E-state index in [1.54, 1.807) is 42.5 Å². The molecule has 0 heterocycles. The Labute approximate surface area is 208 Å². The fourth-order valence-corrected chi connectivity index (χ4v) is 5.13. The molecule has 33 heavy (non-hydrogen) atoms. The number of carbonyl (C=O) groups is 1. The molecule has 0 unspecified atom stereocenters. The standard InChI is InChI=1S/C23H21Cl3N2O4S/c1-15-6-9-17(10-7-15)33(30,31)28(13-18-19(25)4-3-5-20(18)26)14-23(29)27-21-12-16(24)8-11-22(21)32-2/h3-12H,13-14H2,1-2H3,(H,27,29). The van der Waals surface area contributed by atoms with Crippen LogP contribution in [0.4, 0.5) is 5.69 Å². The third-order valence-corrected chi connectivity index (χ3v) is 7.56. The Kier molecular flexibility index (Phi) is 8.26. The predicted molar refractivity (Wildman–Crippen MR) is 132 cm³/mol. The summed E-state index contributed by atoms with van der Waals surface area (Å²) in [6, 6.07) is 16.0. The molecule has 0 saturated carbocycles. The van der Waals surface area contributed by atoms with Crippen LogP contribution in [0.1, 0.15) is 11.1 Å². The van der Waals surface area contributed by atoms with Crippen LogP contribution >= 0.6 is 34.8 Å². The van der Waals surface area contributed by atoms with Crippen molar-refractivity contribution in [1.82, 2.24) is 4.31 Å². The summed E-state index contributed by atoms with van der Waals surface area (Å²) in [4.78, 5) is 13.0. The topological polar surface area (TPSA) is 75.7 Å². The summed E-state index contributed by atoms with van der Waals surface area (Å²) in [5.74, 6) is -0.204. The number of anilines is 1. The van der Waals surface area contributed by atoms with Gasteiger partial charge in [-0.2, -0.15) is 4.31 Å². The largest absolute Gasteiger partial charge is 0.495 e. The van der Waals surface area contributed by atoms with Crippen LogP contribution in [0.5, 0.6) is 5.75 Å². The van der Waals surface area contributed by atoms with Crippen LogP contribution < -0.4 is 10.1 Å². The van der Waals surface area contributed by atoms with Crippen molar-refractivity contribution in [1.29, 1.82) is 0 Å². The third kappa shape index (κ3) is 6.19. The van der Waals surface area contributed by atoms with Gasteiger partial charge in [0.15, 0.2) is 0 Å². The van der Waals surface area contributed by atoms with Gasteiger partial charge in [-0.05, 0) is 49.4 Å². The summed E-state index contributed by atoms with van der Waals surface area (Å²) < 4.78 is 33.2. The van der Waals surface area contributed by atoms with Crippen molar-refractivity contribution < 1.29 is 17.9 Å². The van der Waals surface area contributed by atoms with Gasteiger partial charge in [0.1, 0.15) is 5.75 Å². The second-order valence-corrected chi connectivity index (χ2v) is 10.4. The van der Waals surface area contributed by atoms with Gasteiger partial charge in [0, 0.05) is 27.2 Å². The summed E-state index contributed by atoms with van der Waals surface area (Å²) in [5.41, 5.74) is 1.61. The zero-order valence-electron chi connectivity index (χ0n) is 17.8. The van der Waals surface area contributed by atoms with Crippen LogP contribution in [0.15, 0.2) is 65.6 Å². The zero-order valence-corrected chi connectivity index (χ0v) is 20.9. The molecule has 0 aliphatic carbocycles. The maximum absolute atomic E-state index is 13.4. The number of carbonyl (C=O) groups excluding carboxylic acids is 1. The summed E-state index contributed by atoms with van der Waals surface area (Å²) in [6.45, 7) is 1.16. The van der Waals surface area contributed by atoms with Gasteiger partial charge in [-0.25, -0.2) is 8.42 Å². The Bertz CT molecular complexity index is 1240. The number of nitrogens with one attached hydrogen (secondary N) is 1. The number of ether oxygens (including phenoxy) is 1. The number of amides is 1. The van der Waals surface area contributed by atoms with Crippen molar-refractivity contribution in [3.63, 3.8) is 0 Å². The number of hydrogen-bond acceptors (Lipinski definition) is 4. The average molecular weight is 528 g/mol. The Balaban J connectivity index is 1.95. The smallest absolute Gasteiger partial charge is 0.243 e. The van der Waals surface area contributed by atoms with Gasteiger partial charge in [-0.15, -0.1) is 0 Å². The van der Waals surface area contributed by atoms with E-state index < -0.39 is 22.5 Å². The van der Waals surface area contributed by atoms with Gasteiger partial charge >= 0.3 is 0 Å². The molecule has 3 rings (SSSR count). The summed E-state index contributed by atoms with van der Waals surface area (Å²) in [5, 5.41) is 3.64. The molecule has 0 saturated heterocycles. The van der Waals surface area contributed by atoms with Crippen LogP contribution in [-0.4, -0.2) is 32.3 Å². The van der Waals surface area contributed by atoms with Gasteiger partial charge in [-0.1, -0.05) is 58.6 Å². The lowest BCUT2D eigenvalue weighted by Gasteiger charge is -2.23. The fraction of sp³-hybridized carbons (Fsp3) is 0.174. The van der Waals surface area contributed by atoms with Crippen molar-refractivity contribution in [3.05, 3.63) is 86.9 Å². The number of rotatable bonds is 8. The van der Waals surface area contributed by atoms with E-state index in [0.29, 0.717) is 32.1 Å². The molecule has 0 radical (unpaired) electrons. The molecule has 1 amide bonds. The molecule has 0 aliphatic rings. The van der Waals surface area contributed by atoms with E-state index in [4.69, 9.17) is 39.5 Å². The second-order valence-electron chi connectivity index (χ2n) is 7.18. The molecule has 10 heteroatoms. The van der Waals surface area contributed by atoms with Crippen molar-refractivity contribution in [3.8, 4) is 5.75 Å². The van der Waals surface area contributed by atoms with E-state index >= 15 is 0 Å². The summed E-state index contributed by atoms with van der Waals surface area (Å²) >= 11 is 18.6. The highest BCUT2D eigenvalue weighted by Crippen LogP contribution is 2.30. The van der Waals surface area contributed by atoms with Crippen molar-refractivity contribution in [2.24, 2.45) is 0 Å². The molecule has 0 bridgehead atoms. The van der Waals surface area contributed by atoms with Gasteiger partial charge in [0.05, 0.1) is 24.2 Å². The molecule has 6 nitrogen and oxygen atoms in total. The number of benzene rings is 3. The van der Waals surface area contributed by atoms with Gasteiger partial charge in [0.25, 0.3) is 0 Å². The molecule has 0 atom stereocenters. The lowest BCUT2D eigenvalue weighted by Crippen LogP contribution is -2.37. The van der Waals surface area contributed by atoms with Gasteiger partial charge in [-0.3, -0.25) is 4.79 Å². The normalized spacial score (nSPS) is 11.5. The number of aryl methyl sites for hydroxylation is 1. The Morgan fingerprint density at radius 3 is 2.24 bits per heavy atom. The quantitative estimate of drug-likeness (QED) is 0.402. The average Bonchev–Trinajstić information content (AvgIpc) is 2.76. The van der Waals surface area contributed by atoms with Gasteiger partial charge in [0.2, 0.25) is 15.9 Å². The third-order valence-electron chi connectivity index (χ3n) is 4.81. The molecule has 0 fully saturated rings. The summed E-state index contributed by atoms with van der Waals surface area (Å²) in [6.07, 6.45) is 0. The van der Waals surface area contributed by atoms with E-state index in [1.807, 2.05) is 6.92 Å². The summed E-state index contributed by atoms with van der Waals surface area (Å²) in [7, 11) is -2.61.